The zero-order chi connectivity index (χ0) is 20.8. The minimum Gasteiger partial charge on any atom is -0.356 e. The monoisotopic (exact) mass is 539 g/mol. The molecular weight excluding hydrogens is 501 g/mol. The van der Waals surface area contributed by atoms with Crippen molar-refractivity contribution in [2.75, 3.05) is 46.3 Å². The van der Waals surface area contributed by atoms with Crippen LogP contribution in [0.5, 0.6) is 0 Å². The molecule has 0 spiro atoms. The van der Waals surface area contributed by atoms with Crippen molar-refractivity contribution < 1.29 is 4.79 Å². The Balaban J connectivity index is 0.00000272. The Morgan fingerprint density at radius 2 is 1.90 bits per heavy atom. The second-order valence-corrected chi connectivity index (χ2v) is 9.19. The molecule has 0 aromatic heterocycles. The third-order valence-corrected chi connectivity index (χ3v) is 6.53. The van der Waals surface area contributed by atoms with Crippen LogP contribution in [0.2, 0.25) is 0 Å². The van der Waals surface area contributed by atoms with Gasteiger partial charge in [-0.05, 0) is 43.6 Å². The summed E-state index contributed by atoms with van der Waals surface area (Å²) >= 11 is 0. The van der Waals surface area contributed by atoms with Crippen LogP contribution in [0.1, 0.15) is 37.7 Å². The predicted octanol–water partition coefficient (Wildman–Crippen LogP) is 2.74. The molecule has 1 unspecified atom stereocenters. The molecule has 1 amide bonds. The Morgan fingerprint density at radius 1 is 1.13 bits per heavy atom. The van der Waals surface area contributed by atoms with Crippen LogP contribution in [-0.4, -0.2) is 74.0 Å². The summed E-state index contributed by atoms with van der Waals surface area (Å²) in [5.74, 6) is 2.44. The van der Waals surface area contributed by atoms with E-state index in [2.05, 4.69) is 44.8 Å². The van der Waals surface area contributed by atoms with Crippen LogP contribution < -0.4 is 10.6 Å². The SMILES string of the molecule is CN=C(NCCN(CC1CC1)C1CC1)NCC1CC(=O)N(CCc2ccccc2)C1.I. The van der Waals surface area contributed by atoms with E-state index < -0.39 is 0 Å². The molecule has 6 nitrogen and oxygen atoms in total. The normalized spacial score (nSPS) is 21.4. The fourth-order valence-electron chi connectivity index (χ4n) is 4.39. The molecule has 3 fully saturated rings. The quantitative estimate of drug-likeness (QED) is 0.258. The summed E-state index contributed by atoms with van der Waals surface area (Å²) in [4.78, 5) is 21.4. The van der Waals surface area contributed by atoms with Crippen molar-refractivity contribution in [3.63, 3.8) is 0 Å². The van der Waals surface area contributed by atoms with E-state index in [4.69, 9.17) is 0 Å². The summed E-state index contributed by atoms with van der Waals surface area (Å²) in [6.45, 7) is 5.74. The largest absolute Gasteiger partial charge is 0.356 e. The molecule has 1 atom stereocenters. The fourth-order valence-corrected chi connectivity index (χ4v) is 4.39. The average molecular weight is 540 g/mol. The number of aliphatic imine (C=N–C) groups is 1. The van der Waals surface area contributed by atoms with Gasteiger partial charge in [0.2, 0.25) is 5.91 Å². The number of carbonyl (C=O) groups excluding carboxylic acids is 1. The maximum absolute atomic E-state index is 12.4. The summed E-state index contributed by atoms with van der Waals surface area (Å²) in [5, 5.41) is 6.91. The number of hydrogen-bond donors (Lipinski definition) is 2. The lowest BCUT2D eigenvalue weighted by Gasteiger charge is -2.23. The van der Waals surface area contributed by atoms with E-state index in [0.29, 0.717) is 12.3 Å². The number of likely N-dealkylation sites (tertiary alicyclic amines) is 1. The highest BCUT2D eigenvalue weighted by molar-refractivity contribution is 14.0. The van der Waals surface area contributed by atoms with Gasteiger partial charge in [-0.1, -0.05) is 30.3 Å². The molecule has 3 aliphatic rings. The molecule has 1 aliphatic heterocycles. The first-order chi connectivity index (χ1) is 14.7. The molecule has 2 saturated carbocycles. The zero-order valence-corrected chi connectivity index (χ0v) is 21.1. The zero-order valence-electron chi connectivity index (χ0n) is 18.8. The van der Waals surface area contributed by atoms with Gasteiger partial charge in [-0.2, -0.15) is 0 Å². The van der Waals surface area contributed by atoms with Gasteiger partial charge in [-0.3, -0.25) is 14.7 Å². The second-order valence-electron chi connectivity index (χ2n) is 9.19. The summed E-state index contributed by atoms with van der Waals surface area (Å²) in [6, 6.07) is 11.2. The minimum atomic E-state index is 0. The lowest BCUT2D eigenvalue weighted by Crippen LogP contribution is -2.44. The van der Waals surface area contributed by atoms with Gasteiger partial charge in [0.05, 0.1) is 0 Å². The topological polar surface area (TPSA) is 60.0 Å². The molecule has 172 valence electrons. The van der Waals surface area contributed by atoms with Crippen LogP contribution in [0.4, 0.5) is 0 Å². The van der Waals surface area contributed by atoms with Crippen molar-refractivity contribution in [1.29, 1.82) is 0 Å². The average Bonchev–Trinajstić information content (AvgIpc) is 3.68. The lowest BCUT2D eigenvalue weighted by molar-refractivity contribution is -0.127. The number of guanidine groups is 1. The molecule has 2 N–H and O–H groups in total. The number of nitrogens with one attached hydrogen (secondary N) is 2. The fraction of sp³-hybridized carbons (Fsp3) is 0.667. The number of carbonyl (C=O) groups is 1. The molecular formula is C24H38IN5O. The molecule has 2 aliphatic carbocycles. The first-order valence-electron chi connectivity index (χ1n) is 11.7. The summed E-state index contributed by atoms with van der Waals surface area (Å²) in [7, 11) is 1.82. The number of amides is 1. The lowest BCUT2D eigenvalue weighted by atomic mass is 10.1. The van der Waals surface area contributed by atoms with Crippen LogP contribution in [0.25, 0.3) is 0 Å². The highest BCUT2D eigenvalue weighted by atomic mass is 127. The first-order valence-corrected chi connectivity index (χ1v) is 11.7. The predicted molar refractivity (Wildman–Crippen MR) is 137 cm³/mol. The van der Waals surface area contributed by atoms with Crippen LogP contribution >= 0.6 is 24.0 Å². The minimum absolute atomic E-state index is 0. The number of benzene rings is 1. The number of nitrogens with zero attached hydrogens (tertiary/aromatic N) is 3. The maximum atomic E-state index is 12.4. The smallest absolute Gasteiger partial charge is 0.223 e. The van der Waals surface area contributed by atoms with Gasteiger partial charge < -0.3 is 15.5 Å². The maximum Gasteiger partial charge on any atom is 0.223 e. The Morgan fingerprint density at radius 3 is 2.58 bits per heavy atom. The van der Waals surface area contributed by atoms with Crippen molar-refractivity contribution in [1.82, 2.24) is 20.4 Å². The van der Waals surface area contributed by atoms with Crippen molar-refractivity contribution in [3.8, 4) is 0 Å². The Bertz CT molecular complexity index is 720. The molecule has 1 aromatic carbocycles. The van der Waals surface area contributed by atoms with E-state index >= 15 is 0 Å². The molecule has 0 bridgehead atoms. The van der Waals surface area contributed by atoms with Gasteiger partial charge >= 0.3 is 0 Å². The van der Waals surface area contributed by atoms with Gasteiger partial charge in [0.1, 0.15) is 0 Å². The third kappa shape index (κ3) is 7.93. The Hall–Kier alpha value is -1.35. The molecule has 1 saturated heterocycles. The molecule has 7 heteroatoms. The molecule has 1 aromatic rings. The van der Waals surface area contributed by atoms with E-state index in [9.17, 15) is 4.79 Å². The number of halogens is 1. The van der Waals surface area contributed by atoms with Crippen molar-refractivity contribution in [2.24, 2.45) is 16.8 Å². The van der Waals surface area contributed by atoms with Crippen molar-refractivity contribution in [2.45, 2.75) is 44.6 Å². The number of hydrogen-bond acceptors (Lipinski definition) is 3. The molecule has 1 heterocycles. The van der Waals surface area contributed by atoms with E-state index in [-0.39, 0.29) is 29.9 Å². The van der Waals surface area contributed by atoms with E-state index in [0.717, 1.165) is 57.1 Å². The van der Waals surface area contributed by atoms with E-state index in [1.54, 1.807) is 0 Å². The molecule has 31 heavy (non-hydrogen) atoms. The van der Waals surface area contributed by atoms with E-state index in [1.165, 1.54) is 37.8 Å². The van der Waals surface area contributed by atoms with Gasteiger partial charge in [-0.15, -0.1) is 24.0 Å². The van der Waals surface area contributed by atoms with E-state index in [1.807, 2.05) is 18.0 Å². The molecule has 0 radical (unpaired) electrons. The van der Waals surface area contributed by atoms with Crippen molar-refractivity contribution in [3.05, 3.63) is 35.9 Å². The van der Waals surface area contributed by atoms with Gasteiger partial charge in [0.15, 0.2) is 5.96 Å². The Kier molecular flexibility index (Phi) is 9.44. The van der Waals surface area contributed by atoms with Crippen LogP contribution in [0, 0.1) is 11.8 Å². The standard InChI is InChI=1S/C24H37N5O.HI/c1-25-24(26-12-14-28(22-9-10-22)17-20-7-8-20)27-16-21-15-23(30)29(18-21)13-11-19-5-3-2-4-6-19;/h2-6,20-22H,7-18H2,1H3,(H2,25,26,27);1H. The van der Waals surface area contributed by atoms with Gasteiger partial charge in [-0.25, -0.2) is 0 Å². The summed E-state index contributed by atoms with van der Waals surface area (Å²) in [5.41, 5.74) is 1.29. The third-order valence-electron chi connectivity index (χ3n) is 6.53. The van der Waals surface area contributed by atoms with Gasteiger partial charge in [0, 0.05) is 64.7 Å². The Labute approximate surface area is 204 Å². The van der Waals surface area contributed by atoms with Crippen molar-refractivity contribution >= 4 is 35.8 Å². The van der Waals surface area contributed by atoms with Gasteiger partial charge in [0.25, 0.3) is 0 Å². The number of rotatable bonds is 11. The second kappa shape index (κ2) is 12.0. The highest BCUT2D eigenvalue weighted by Crippen LogP contribution is 2.34. The molecule has 4 rings (SSSR count). The van der Waals surface area contributed by atoms with Crippen LogP contribution in [0.3, 0.4) is 0 Å². The highest BCUT2D eigenvalue weighted by Gasteiger charge is 2.33. The first kappa shape index (κ1) is 24.3. The van der Waals surface area contributed by atoms with Crippen LogP contribution in [0.15, 0.2) is 35.3 Å². The summed E-state index contributed by atoms with van der Waals surface area (Å²) < 4.78 is 0. The summed E-state index contributed by atoms with van der Waals surface area (Å²) in [6.07, 6.45) is 7.14. The van der Waals surface area contributed by atoms with Crippen LogP contribution in [-0.2, 0) is 11.2 Å².